The molecule has 182 valence electrons. The van der Waals surface area contributed by atoms with Crippen molar-refractivity contribution < 1.29 is 24.0 Å². The van der Waals surface area contributed by atoms with Crippen molar-refractivity contribution in [1.82, 2.24) is 4.90 Å². The van der Waals surface area contributed by atoms with E-state index in [-0.39, 0.29) is 34.2 Å². The van der Waals surface area contributed by atoms with Crippen molar-refractivity contribution in [3.8, 4) is 5.75 Å². The summed E-state index contributed by atoms with van der Waals surface area (Å²) in [5, 5.41) is 13.9. The van der Waals surface area contributed by atoms with Crippen LogP contribution in [-0.4, -0.2) is 46.6 Å². The third-order valence-corrected chi connectivity index (χ3v) is 5.53. The molecule has 34 heavy (non-hydrogen) atoms. The van der Waals surface area contributed by atoms with E-state index in [0.717, 1.165) is 6.07 Å². The molecule has 0 aromatic heterocycles. The van der Waals surface area contributed by atoms with Crippen molar-refractivity contribution in [1.29, 1.82) is 0 Å². The summed E-state index contributed by atoms with van der Waals surface area (Å²) in [7, 11) is 0. The van der Waals surface area contributed by atoms with Gasteiger partial charge < -0.3 is 19.7 Å². The van der Waals surface area contributed by atoms with E-state index in [1.54, 1.807) is 17.0 Å². The van der Waals surface area contributed by atoms with Gasteiger partial charge in [0.1, 0.15) is 17.5 Å². The van der Waals surface area contributed by atoms with E-state index in [4.69, 9.17) is 32.7 Å². The molecule has 9 nitrogen and oxygen atoms in total. The monoisotopic (exact) mass is 509 g/mol. The van der Waals surface area contributed by atoms with Crippen LogP contribution in [0.3, 0.4) is 0 Å². The molecule has 0 spiro atoms. The van der Waals surface area contributed by atoms with Crippen LogP contribution in [0.1, 0.15) is 44.0 Å². The van der Waals surface area contributed by atoms with Gasteiger partial charge in [0.05, 0.1) is 21.2 Å². The second-order valence-electron chi connectivity index (χ2n) is 8.80. The van der Waals surface area contributed by atoms with E-state index >= 15 is 0 Å². The molecule has 11 heteroatoms. The van der Waals surface area contributed by atoms with Crippen LogP contribution in [-0.2, 0) is 4.74 Å². The van der Waals surface area contributed by atoms with E-state index < -0.39 is 16.4 Å². The number of rotatable bonds is 5. The SMILES string of the molecule is CC(C)(C)OC(=O)N1CCC(Oc2ccc(Cl)cc2C(=O)Nc2ccc([N+](=O)[O-])cc2Cl)CC1. The number of anilines is 1. The first-order chi connectivity index (χ1) is 15.9. The Bertz CT molecular complexity index is 1090. The van der Waals surface area contributed by atoms with Gasteiger partial charge in [-0.15, -0.1) is 0 Å². The Kier molecular flexibility index (Phi) is 7.89. The number of nitro groups is 1. The average molecular weight is 510 g/mol. The summed E-state index contributed by atoms with van der Waals surface area (Å²) in [5.74, 6) is -0.199. The number of carbonyl (C=O) groups is 2. The Hall–Kier alpha value is -3.04. The standard InChI is InChI=1S/C23H25Cl2N3O6/c1-23(2,3)34-22(30)27-10-8-16(9-11-27)33-20-7-4-14(24)12-17(20)21(29)26-19-6-5-15(28(31)32)13-18(19)25/h4-7,12-13,16H,8-11H2,1-3H3,(H,26,29). The van der Waals surface area contributed by atoms with Gasteiger partial charge in [0.15, 0.2) is 0 Å². The fraction of sp³-hybridized carbons (Fsp3) is 0.391. The summed E-state index contributed by atoms with van der Waals surface area (Å²) < 4.78 is 11.5. The third-order valence-electron chi connectivity index (χ3n) is 4.99. The minimum Gasteiger partial charge on any atom is -0.489 e. The molecule has 1 N–H and O–H groups in total. The van der Waals surface area contributed by atoms with Crippen LogP contribution in [0.4, 0.5) is 16.2 Å². The number of nitro benzene ring substituents is 1. The second-order valence-corrected chi connectivity index (χ2v) is 9.64. The summed E-state index contributed by atoms with van der Waals surface area (Å²) in [6.45, 7) is 6.38. The van der Waals surface area contributed by atoms with Gasteiger partial charge in [0, 0.05) is 43.1 Å². The van der Waals surface area contributed by atoms with Crippen LogP contribution in [0.25, 0.3) is 0 Å². The number of nitrogens with zero attached hydrogens (tertiary/aromatic N) is 2. The number of nitrogens with one attached hydrogen (secondary N) is 1. The fourth-order valence-electron chi connectivity index (χ4n) is 3.35. The molecule has 0 unspecified atom stereocenters. The van der Waals surface area contributed by atoms with Crippen LogP contribution < -0.4 is 10.1 Å². The molecule has 0 atom stereocenters. The number of ether oxygens (including phenoxy) is 2. The molecular formula is C23H25Cl2N3O6. The number of hydrogen-bond acceptors (Lipinski definition) is 6. The van der Waals surface area contributed by atoms with Crippen LogP contribution in [0.5, 0.6) is 5.75 Å². The van der Waals surface area contributed by atoms with Gasteiger partial charge in [0.25, 0.3) is 11.6 Å². The van der Waals surface area contributed by atoms with E-state index in [0.29, 0.717) is 36.7 Å². The Labute approximate surface area is 207 Å². The van der Waals surface area contributed by atoms with Gasteiger partial charge >= 0.3 is 6.09 Å². The van der Waals surface area contributed by atoms with Crippen molar-refractivity contribution in [2.75, 3.05) is 18.4 Å². The van der Waals surface area contributed by atoms with Crippen molar-refractivity contribution in [3.63, 3.8) is 0 Å². The molecule has 1 fully saturated rings. The maximum absolute atomic E-state index is 13.0. The highest BCUT2D eigenvalue weighted by atomic mass is 35.5. The van der Waals surface area contributed by atoms with Crippen LogP contribution >= 0.6 is 23.2 Å². The predicted octanol–water partition coefficient (Wildman–Crippen LogP) is 5.93. The number of piperidine rings is 1. The predicted molar refractivity (Wildman–Crippen MR) is 129 cm³/mol. The number of halogens is 2. The maximum atomic E-state index is 13.0. The molecule has 1 heterocycles. The van der Waals surface area contributed by atoms with Crippen molar-refractivity contribution in [2.24, 2.45) is 0 Å². The lowest BCUT2D eigenvalue weighted by Crippen LogP contribution is -2.44. The molecule has 1 saturated heterocycles. The maximum Gasteiger partial charge on any atom is 0.410 e. The molecule has 2 aromatic carbocycles. The van der Waals surface area contributed by atoms with Crippen LogP contribution in [0, 0.1) is 10.1 Å². The van der Waals surface area contributed by atoms with Gasteiger partial charge in [-0.3, -0.25) is 14.9 Å². The van der Waals surface area contributed by atoms with Crippen LogP contribution in [0.2, 0.25) is 10.0 Å². The summed E-state index contributed by atoms with van der Waals surface area (Å²) in [6, 6.07) is 8.45. The van der Waals surface area contributed by atoms with Gasteiger partial charge in [-0.25, -0.2) is 4.79 Å². The highest BCUT2D eigenvalue weighted by molar-refractivity contribution is 6.34. The number of non-ortho nitro benzene ring substituents is 1. The molecule has 1 aliphatic heterocycles. The summed E-state index contributed by atoms with van der Waals surface area (Å²) in [5.41, 5.74) is -0.347. The molecule has 2 aromatic rings. The first-order valence-electron chi connectivity index (χ1n) is 10.6. The lowest BCUT2D eigenvalue weighted by molar-refractivity contribution is -0.384. The summed E-state index contributed by atoms with van der Waals surface area (Å²) in [6.07, 6.45) is 0.556. The highest BCUT2D eigenvalue weighted by Gasteiger charge is 2.28. The molecular weight excluding hydrogens is 485 g/mol. The second kappa shape index (κ2) is 10.5. The Morgan fingerprint density at radius 2 is 1.79 bits per heavy atom. The molecule has 3 rings (SSSR count). The molecule has 0 bridgehead atoms. The van der Waals surface area contributed by atoms with Crippen molar-refractivity contribution >= 4 is 46.6 Å². The minimum absolute atomic E-state index is 0.0292. The fourth-order valence-corrected chi connectivity index (χ4v) is 3.75. The zero-order chi connectivity index (χ0) is 25.0. The van der Waals surface area contributed by atoms with Gasteiger partial charge in [-0.05, 0) is 45.0 Å². The Morgan fingerprint density at radius 1 is 1.12 bits per heavy atom. The Balaban J connectivity index is 1.68. The Morgan fingerprint density at radius 3 is 2.38 bits per heavy atom. The zero-order valence-corrected chi connectivity index (χ0v) is 20.5. The topological polar surface area (TPSA) is 111 Å². The minimum atomic E-state index is -0.575. The van der Waals surface area contributed by atoms with E-state index in [1.165, 1.54) is 18.2 Å². The van der Waals surface area contributed by atoms with E-state index in [1.807, 2.05) is 20.8 Å². The lowest BCUT2D eigenvalue weighted by atomic mass is 10.1. The largest absolute Gasteiger partial charge is 0.489 e. The number of likely N-dealkylation sites (tertiary alicyclic amines) is 1. The highest BCUT2D eigenvalue weighted by Crippen LogP contribution is 2.30. The van der Waals surface area contributed by atoms with Gasteiger partial charge in [-0.1, -0.05) is 23.2 Å². The molecule has 2 amide bonds. The molecule has 0 radical (unpaired) electrons. The van der Waals surface area contributed by atoms with Crippen molar-refractivity contribution in [2.45, 2.75) is 45.3 Å². The zero-order valence-electron chi connectivity index (χ0n) is 19.0. The van der Waals surface area contributed by atoms with Crippen molar-refractivity contribution in [3.05, 3.63) is 62.1 Å². The normalized spacial score (nSPS) is 14.4. The average Bonchev–Trinajstić information content (AvgIpc) is 2.75. The summed E-state index contributed by atoms with van der Waals surface area (Å²) in [4.78, 5) is 37.2. The first kappa shape index (κ1) is 25.6. The molecule has 1 aliphatic rings. The molecule has 0 aliphatic carbocycles. The van der Waals surface area contributed by atoms with Gasteiger partial charge in [-0.2, -0.15) is 0 Å². The smallest absolute Gasteiger partial charge is 0.410 e. The number of amides is 2. The summed E-state index contributed by atoms with van der Waals surface area (Å²) >= 11 is 12.2. The lowest BCUT2D eigenvalue weighted by Gasteiger charge is -2.33. The van der Waals surface area contributed by atoms with E-state index in [9.17, 15) is 19.7 Å². The quantitative estimate of drug-likeness (QED) is 0.394. The number of benzene rings is 2. The first-order valence-corrected chi connectivity index (χ1v) is 11.4. The van der Waals surface area contributed by atoms with Crippen LogP contribution in [0.15, 0.2) is 36.4 Å². The van der Waals surface area contributed by atoms with Gasteiger partial charge in [0.2, 0.25) is 0 Å². The number of hydrogen-bond donors (Lipinski definition) is 1. The molecule has 0 saturated carbocycles. The number of carbonyl (C=O) groups excluding carboxylic acids is 2. The third kappa shape index (κ3) is 6.74. The van der Waals surface area contributed by atoms with E-state index in [2.05, 4.69) is 5.32 Å².